The van der Waals surface area contributed by atoms with Crippen molar-refractivity contribution in [2.24, 2.45) is 0 Å². The molecule has 1 fully saturated rings. The second kappa shape index (κ2) is 7.93. The highest BCUT2D eigenvalue weighted by Crippen LogP contribution is 2.29. The summed E-state index contributed by atoms with van der Waals surface area (Å²) in [5.74, 6) is 1.07. The number of rotatable bonds is 5. The number of nitrogens with zero attached hydrogens (tertiary/aromatic N) is 6. The molecule has 0 bridgehead atoms. The molecule has 0 aliphatic carbocycles. The Hall–Kier alpha value is -3.86. The number of benzene rings is 1. The molecule has 0 radical (unpaired) electrons. The van der Waals surface area contributed by atoms with E-state index in [-0.39, 0.29) is 22.9 Å². The molecule has 33 heavy (non-hydrogen) atoms. The number of sulfonamides is 1. The maximum absolute atomic E-state index is 12.5. The fourth-order valence-corrected chi connectivity index (χ4v) is 5.33. The maximum atomic E-state index is 12.5. The highest BCUT2D eigenvalue weighted by molar-refractivity contribution is 7.93. The molecule has 1 saturated heterocycles. The number of carbonyl (C=O) groups excluding carboxylic acids is 1. The largest absolute Gasteiger partial charge is 0.339 e. The molecule has 0 unspecified atom stereocenters. The second-order valence-electron chi connectivity index (χ2n) is 7.84. The first-order valence-corrected chi connectivity index (χ1v) is 12.0. The number of carbonyl (C=O) groups is 1. The minimum absolute atomic E-state index is 0.0470. The molecule has 1 aliphatic heterocycles. The van der Waals surface area contributed by atoms with E-state index in [1.807, 2.05) is 37.3 Å². The molecule has 0 saturated carbocycles. The predicted molar refractivity (Wildman–Crippen MR) is 125 cm³/mol. The molecular formula is C22H21N7O3S. The quantitative estimate of drug-likeness (QED) is 0.448. The van der Waals surface area contributed by atoms with Crippen LogP contribution < -0.4 is 9.62 Å². The lowest BCUT2D eigenvalue weighted by Gasteiger charge is -2.19. The first-order chi connectivity index (χ1) is 15.8. The third-order valence-electron chi connectivity index (χ3n) is 5.44. The van der Waals surface area contributed by atoms with Gasteiger partial charge < -0.3 is 5.32 Å². The number of imidazole rings is 1. The van der Waals surface area contributed by atoms with Crippen molar-refractivity contribution in [2.75, 3.05) is 21.9 Å². The smallest absolute Gasteiger partial charge is 0.236 e. The Morgan fingerprint density at radius 3 is 2.64 bits per heavy atom. The Kier molecular flexibility index (Phi) is 5.05. The van der Waals surface area contributed by atoms with Crippen LogP contribution in [0.3, 0.4) is 0 Å². The molecule has 168 valence electrons. The number of fused-ring (bicyclic) bond motifs is 1. The van der Waals surface area contributed by atoms with Crippen molar-refractivity contribution in [2.45, 2.75) is 20.3 Å². The highest BCUT2D eigenvalue weighted by atomic mass is 32.2. The summed E-state index contributed by atoms with van der Waals surface area (Å²) in [6, 6.07) is 12.7. The molecule has 1 aromatic carbocycles. The van der Waals surface area contributed by atoms with Crippen LogP contribution in [0.5, 0.6) is 0 Å². The van der Waals surface area contributed by atoms with Gasteiger partial charge in [-0.05, 0) is 62.7 Å². The molecule has 4 heterocycles. The number of anilines is 3. The van der Waals surface area contributed by atoms with E-state index in [0.29, 0.717) is 30.1 Å². The maximum Gasteiger partial charge on any atom is 0.236 e. The van der Waals surface area contributed by atoms with Gasteiger partial charge in [0.15, 0.2) is 17.4 Å². The first kappa shape index (κ1) is 21.0. The normalized spacial score (nSPS) is 15.2. The van der Waals surface area contributed by atoms with E-state index in [4.69, 9.17) is 0 Å². The number of aryl methyl sites for hydroxylation is 1. The molecule has 11 heteroatoms. The number of ketones is 1. The number of hydrogen-bond acceptors (Lipinski definition) is 8. The minimum Gasteiger partial charge on any atom is -0.339 e. The fraction of sp³-hybridized carbons (Fsp3) is 0.227. The van der Waals surface area contributed by atoms with Crippen molar-refractivity contribution in [3.63, 3.8) is 0 Å². The molecule has 10 nitrogen and oxygen atoms in total. The SMILES string of the molecule is CC(=O)c1ccc(-n2cnc3cc(Nc4ccc(C)nn4)ccc32)nc1N1CCCS1(=O)=O. The van der Waals surface area contributed by atoms with E-state index in [9.17, 15) is 13.2 Å². The van der Waals surface area contributed by atoms with Gasteiger partial charge in [0.1, 0.15) is 12.1 Å². The van der Waals surface area contributed by atoms with Crippen LogP contribution in [0, 0.1) is 6.92 Å². The van der Waals surface area contributed by atoms with Crippen LogP contribution in [0.15, 0.2) is 48.8 Å². The Morgan fingerprint density at radius 1 is 1.09 bits per heavy atom. The van der Waals surface area contributed by atoms with Gasteiger partial charge in [0, 0.05) is 12.2 Å². The third kappa shape index (κ3) is 3.91. The van der Waals surface area contributed by atoms with Gasteiger partial charge in [-0.15, -0.1) is 5.10 Å². The third-order valence-corrected chi connectivity index (χ3v) is 7.27. The summed E-state index contributed by atoms with van der Waals surface area (Å²) in [4.78, 5) is 21.2. The van der Waals surface area contributed by atoms with E-state index in [1.165, 1.54) is 11.2 Å². The molecule has 0 spiro atoms. The molecule has 3 aromatic heterocycles. The Labute approximate surface area is 190 Å². The predicted octanol–water partition coefficient (Wildman–Crippen LogP) is 3.01. The zero-order valence-electron chi connectivity index (χ0n) is 18.1. The lowest BCUT2D eigenvalue weighted by molar-refractivity contribution is 0.101. The lowest BCUT2D eigenvalue weighted by Crippen LogP contribution is -2.28. The first-order valence-electron chi connectivity index (χ1n) is 10.4. The highest BCUT2D eigenvalue weighted by Gasteiger charge is 2.32. The summed E-state index contributed by atoms with van der Waals surface area (Å²) in [6.07, 6.45) is 2.12. The van der Waals surface area contributed by atoms with Crippen molar-refractivity contribution in [1.82, 2.24) is 24.7 Å². The average molecular weight is 464 g/mol. The van der Waals surface area contributed by atoms with Crippen molar-refractivity contribution in [3.8, 4) is 5.82 Å². The molecule has 0 atom stereocenters. The summed E-state index contributed by atoms with van der Waals surface area (Å²) in [5.41, 5.74) is 3.41. The van der Waals surface area contributed by atoms with Crippen molar-refractivity contribution in [1.29, 1.82) is 0 Å². The Morgan fingerprint density at radius 2 is 1.94 bits per heavy atom. The molecule has 0 amide bonds. The number of pyridine rings is 1. The lowest BCUT2D eigenvalue weighted by atomic mass is 10.2. The summed E-state index contributed by atoms with van der Waals surface area (Å²) in [5, 5.41) is 11.3. The Bertz CT molecular complexity index is 1480. The van der Waals surface area contributed by atoms with Gasteiger partial charge >= 0.3 is 0 Å². The van der Waals surface area contributed by atoms with E-state index < -0.39 is 10.0 Å². The second-order valence-corrected chi connectivity index (χ2v) is 9.85. The zero-order chi connectivity index (χ0) is 23.2. The number of nitrogens with one attached hydrogen (secondary N) is 1. The van der Waals surface area contributed by atoms with E-state index in [0.717, 1.165) is 16.9 Å². The molecule has 1 N–H and O–H groups in total. The van der Waals surface area contributed by atoms with Gasteiger partial charge in [0.25, 0.3) is 0 Å². The molecule has 5 rings (SSSR count). The monoisotopic (exact) mass is 463 g/mol. The van der Waals surface area contributed by atoms with Crippen LogP contribution in [-0.4, -0.2) is 51.2 Å². The number of hydrogen-bond donors (Lipinski definition) is 1. The van der Waals surface area contributed by atoms with Gasteiger partial charge in [-0.25, -0.2) is 18.4 Å². The minimum atomic E-state index is -3.49. The molecule has 1 aliphatic rings. The van der Waals surface area contributed by atoms with Crippen LogP contribution in [-0.2, 0) is 10.0 Å². The summed E-state index contributed by atoms with van der Waals surface area (Å²) in [6.45, 7) is 3.58. The van der Waals surface area contributed by atoms with Crippen LogP contribution in [0.25, 0.3) is 16.9 Å². The number of Topliss-reactive ketones (excluding diaryl/α,β-unsaturated/α-hetero) is 1. The molecular weight excluding hydrogens is 442 g/mol. The summed E-state index contributed by atoms with van der Waals surface area (Å²) < 4.78 is 28.0. The van der Waals surface area contributed by atoms with Crippen LogP contribution >= 0.6 is 0 Å². The van der Waals surface area contributed by atoms with Gasteiger partial charge in [-0.1, -0.05) is 0 Å². The standard InChI is InChI=1S/C22H21N7O3S/c1-14-4-8-20(27-26-14)24-16-5-7-19-18(12-16)23-13-28(19)21-9-6-17(15(2)30)22(25-21)29-10-3-11-33(29,31)32/h4-9,12-13H,3,10-11H2,1-2H3,(H,24,27). The fourth-order valence-electron chi connectivity index (χ4n) is 3.80. The van der Waals surface area contributed by atoms with Gasteiger partial charge in [-0.3, -0.25) is 13.7 Å². The topological polar surface area (TPSA) is 123 Å². The van der Waals surface area contributed by atoms with Gasteiger partial charge in [0.05, 0.1) is 28.0 Å². The van der Waals surface area contributed by atoms with Crippen molar-refractivity contribution in [3.05, 3.63) is 60.0 Å². The average Bonchev–Trinajstić information content (AvgIpc) is 3.37. The van der Waals surface area contributed by atoms with Crippen molar-refractivity contribution >= 4 is 44.2 Å². The van der Waals surface area contributed by atoms with Crippen molar-refractivity contribution < 1.29 is 13.2 Å². The summed E-state index contributed by atoms with van der Waals surface area (Å²) in [7, 11) is -3.49. The van der Waals surface area contributed by atoms with Crippen LogP contribution in [0.4, 0.5) is 17.3 Å². The van der Waals surface area contributed by atoms with E-state index in [2.05, 4.69) is 25.5 Å². The Balaban J connectivity index is 1.53. The summed E-state index contributed by atoms with van der Waals surface area (Å²) >= 11 is 0. The van der Waals surface area contributed by atoms with Crippen LogP contribution in [0.1, 0.15) is 29.4 Å². The van der Waals surface area contributed by atoms with E-state index >= 15 is 0 Å². The van der Waals surface area contributed by atoms with E-state index in [1.54, 1.807) is 23.0 Å². The van der Waals surface area contributed by atoms with Gasteiger partial charge in [0.2, 0.25) is 10.0 Å². The number of aromatic nitrogens is 5. The van der Waals surface area contributed by atoms with Gasteiger partial charge in [-0.2, -0.15) is 5.10 Å². The zero-order valence-corrected chi connectivity index (χ0v) is 18.9. The van der Waals surface area contributed by atoms with Crippen LogP contribution in [0.2, 0.25) is 0 Å². The molecule has 4 aromatic rings.